The molecule has 1 heterocycles. The van der Waals surface area contributed by atoms with E-state index in [1.54, 1.807) is 0 Å². The minimum absolute atomic E-state index is 0.167. The molecule has 1 fully saturated rings. The van der Waals surface area contributed by atoms with Crippen molar-refractivity contribution in [2.45, 2.75) is 41.0 Å². The zero-order valence-electron chi connectivity index (χ0n) is 9.63. The van der Waals surface area contributed by atoms with Gasteiger partial charge in [0.05, 0.1) is 0 Å². The van der Waals surface area contributed by atoms with E-state index in [0.29, 0.717) is 11.8 Å². The lowest BCUT2D eigenvalue weighted by molar-refractivity contribution is -0.133. The van der Waals surface area contributed by atoms with Gasteiger partial charge in [-0.2, -0.15) is 0 Å². The lowest BCUT2D eigenvalue weighted by Crippen LogP contribution is -2.31. The van der Waals surface area contributed by atoms with Gasteiger partial charge >= 0.3 is 0 Å². The smallest absolute Gasteiger partial charge is 0.225 e. The summed E-state index contributed by atoms with van der Waals surface area (Å²) in [4.78, 5) is 13.4. The number of nitrogens with zero attached hydrogens (tertiary/aromatic N) is 1. The van der Waals surface area contributed by atoms with Gasteiger partial charge in [-0.15, -0.1) is 0 Å². The summed E-state index contributed by atoms with van der Waals surface area (Å²) in [7, 11) is 0. The highest BCUT2D eigenvalue weighted by Gasteiger charge is 2.24. The summed E-state index contributed by atoms with van der Waals surface area (Å²) in [6, 6.07) is 0. The molecule has 1 rings (SSSR count). The van der Waals surface area contributed by atoms with Crippen molar-refractivity contribution in [2.24, 2.45) is 11.8 Å². The maximum Gasteiger partial charge on any atom is 0.225 e. The van der Waals surface area contributed by atoms with E-state index in [2.05, 4.69) is 6.92 Å². The average Bonchev–Trinajstić information content (AvgIpc) is 2.54. The van der Waals surface area contributed by atoms with E-state index in [0.717, 1.165) is 13.1 Å². The minimum atomic E-state index is 0.167. The molecule has 0 aromatic rings. The molecule has 2 nitrogen and oxygen atoms in total. The van der Waals surface area contributed by atoms with Crippen LogP contribution < -0.4 is 0 Å². The van der Waals surface area contributed by atoms with Crippen molar-refractivity contribution in [1.29, 1.82) is 0 Å². The molecule has 1 aliphatic heterocycles. The van der Waals surface area contributed by atoms with Crippen molar-refractivity contribution < 1.29 is 4.79 Å². The standard InChI is InChI=1S/C9H17NO.C2H6/c1-7(2)9(11)10-5-4-8(3)6-10;1-2/h7-8H,4-6H2,1-3H3;1-2H3. The van der Waals surface area contributed by atoms with Crippen LogP contribution in [0.5, 0.6) is 0 Å². The summed E-state index contributed by atoms with van der Waals surface area (Å²) >= 11 is 0. The van der Waals surface area contributed by atoms with Gasteiger partial charge in [-0.25, -0.2) is 0 Å². The minimum Gasteiger partial charge on any atom is -0.342 e. The Morgan fingerprint density at radius 2 is 1.92 bits per heavy atom. The number of amides is 1. The average molecular weight is 185 g/mol. The van der Waals surface area contributed by atoms with Crippen LogP contribution in [0.4, 0.5) is 0 Å². The van der Waals surface area contributed by atoms with E-state index >= 15 is 0 Å². The van der Waals surface area contributed by atoms with Gasteiger partial charge < -0.3 is 4.90 Å². The van der Waals surface area contributed by atoms with E-state index in [1.165, 1.54) is 6.42 Å². The lowest BCUT2D eigenvalue weighted by atomic mass is 10.2. The molecule has 0 aliphatic carbocycles. The Bertz CT molecular complexity index is 154. The second-order valence-electron chi connectivity index (χ2n) is 3.83. The Kier molecular flexibility index (Phi) is 5.76. The number of carbonyl (C=O) groups excluding carboxylic acids is 1. The maximum atomic E-state index is 11.4. The molecule has 0 spiro atoms. The first kappa shape index (κ1) is 12.5. The molecular weight excluding hydrogens is 162 g/mol. The summed E-state index contributed by atoms with van der Waals surface area (Å²) in [5.74, 6) is 1.19. The fourth-order valence-electron chi connectivity index (χ4n) is 1.50. The molecule has 13 heavy (non-hydrogen) atoms. The number of hydrogen-bond donors (Lipinski definition) is 0. The molecule has 1 aliphatic rings. The van der Waals surface area contributed by atoms with Crippen LogP contribution in [0.25, 0.3) is 0 Å². The van der Waals surface area contributed by atoms with Crippen molar-refractivity contribution in [2.75, 3.05) is 13.1 Å². The number of likely N-dealkylation sites (tertiary alicyclic amines) is 1. The van der Waals surface area contributed by atoms with Gasteiger partial charge in [0.2, 0.25) is 5.91 Å². The molecule has 0 aromatic heterocycles. The number of rotatable bonds is 1. The van der Waals surface area contributed by atoms with Crippen molar-refractivity contribution >= 4 is 5.91 Å². The Morgan fingerprint density at radius 1 is 1.38 bits per heavy atom. The topological polar surface area (TPSA) is 20.3 Å². The molecule has 0 saturated carbocycles. The predicted octanol–water partition coefficient (Wildman–Crippen LogP) is 2.54. The summed E-state index contributed by atoms with van der Waals surface area (Å²) in [5, 5.41) is 0. The fraction of sp³-hybridized carbons (Fsp3) is 0.909. The van der Waals surface area contributed by atoms with Crippen molar-refractivity contribution in [1.82, 2.24) is 4.90 Å². The molecule has 0 radical (unpaired) electrons. The molecule has 0 bridgehead atoms. The first-order valence-corrected chi connectivity index (χ1v) is 5.40. The van der Waals surface area contributed by atoms with Crippen molar-refractivity contribution in [3.05, 3.63) is 0 Å². The lowest BCUT2D eigenvalue weighted by Gasteiger charge is -2.17. The van der Waals surface area contributed by atoms with E-state index in [-0.39, 0.29) is 5.92 Å². The van der Waals surface area contributed by atoms with Crippen molar-refractivity contribution in [3.63, 3.8) is 0 Å². The van der Waals surface area contributed by atoms with Crippen LogP contribution in [-0.2, 0) is 4.79 Å². The van der Waals surface area contributed by atoms with E-state index in [1.807, 2.05) is 32.6 Å². The Labute approximate surface area is 82.3 Å². The SMILES string of the molecule is CC.CC1CCN(C(=O)C(C)C)C1. The largest absolute Gasteiger partial charge is 0.342 e. The summed E-state index contributed by atoms with van der Waals surface area (Å²) in [6.45, 7) is 12.1. The highest BCUT2D eigenvalue weighted by molar-refractivity contribution is 5.78. The molecule has 2 heteroatoms. The van der Waals surface area contributed by atoms with Gasteiger partial charge in [-0.05, 0) is 12.3 Å². The van der Waals surface area contributed by atoms with E-state index in [4.69, 9.17) is 0 Å². The summed E-state index contributed by atoms with van der Waals surface area (Å²) in [6.07, 6.45) is 1.18. The Morgan fingerprint density at radius 3 is 2.23 bits per heavy atom. The maximum absolute atomic E-state index is 11.4. The van der Waals surface area contributed by atoms with E-state index < -0.39 is 0 Å². The fourth-order valence-corrected chi connectivity index (χ4v) is 1.50. The predicted molar refractivity (Wildman–Crippen MR) is 56.5 cm³/mol. The zero-order valence-corrected chi connectivity index (χ0v) is 9.63. The molecule has 0 aromatic carbocycles. The Hall–Kier alpha value is -0.530. The normalized spacial score (nSPS) is 21.4. The number of hydrogen-bond acceptors (Lipinski definition) is 1. The molecule has 0 N–H and O–H groups in total. The molecule has 1 amide bonds. The van der Waals surface area contributed by atoms with Gasteiger partial charge in [0, 0.05) is 19.0 Å². The van der Waals surface area contributed by atoms with Gasteiger partial charge in [-0.3, -0.25) is 4.79 Å². The first-order valence-electron chi connectivity index (χ1n) is 5.40. The summed E-state index contributed by atoms with van der Waals surface area (Å²) in [5.41, 5.74) is 0. The molecule has 1 unspecified atom stereocenters. The summed E-state index contributed by atoms with van der Waals surface area (Å²) < 4.78 is 0. The second kappa shape index (κ2) is 6.01. The van der Waals surface area contributed by atoms with Gasteiger partial charge in [0.1, 0.15) is 0 Å². The highest BCUT2D eigenvalue weighted by Crippen LogP contribution is 2.16. The van der Waals surface area contributed by atoms with Crippen molar-refractivity contribution in [3.8, 4) is 0 Å². The van der Waals surface area contributed by atoms with Crippen LogP contribution in [-0.4, -0.2) is 23.9 Å². The third kappa shape index (κ3) is 3.79. The van der Waals surface area contributed by atoms with E-state index in [9.17, 15) is 4.79 Å². The molecule has 1 atom stereocenters. The molecule has 78 valence electrons. The van der Waals surface area contributed by atoms with Crippen LogP contribution in [0.1, 0.15) is 41.0 Å². The second-order valence-corrected chi connectivity index (χ2v) is 3.83. The molecule has 1 saturated heterocycles. The third-order valence-corrected chi connectivity index (χ3v) is 2.23. The first-order chi connectivity index (χ1) is 6.11. The Balaban J connectivity index is 0.000000671. The highest BCUT2D eigenvalue weighted by atomic mass is 16.2. The number of carbonyl (C=O) groups is 1. The third-order valence-electron chi connectivity index (χ3n) is 2.23. The van der Waals surface area contributed by atoms with Gasteiger partial charge in [0.15, 0.2) is 0 Å². The van der Waals surface area contributed by atoms with Crippen LogP contribution in [0.3, 0.4) is 0 Å². The zero-order chi connectivity index (χ0) is 10.4. The monoisotopic (exact) mass is 185 g/mol. The molecular formula is C11H23NO. The van der Waals surface area contributed by atoms with Gasteiger partial charge in [0.25, 0.3) is 0 Å². The van der Waals surface area contributed by atoms with Crippen LogP contribution in [0.15, 0.2) is 0 Å². The quantitative estimate of drug-likeness (QED) is 0.614. The van der Waals surface area contributed by atoms with Crippen LogP contribution in [0.2, 0.25) is 0 Å². The van der Waals surface area contributed by atoms with Crippen LogP contribution in [0, 0.1) is 11.8 Å². The van der Waals surface area contributed by atoms with Gasteiger partial charge in [-0.1, -0.05) is 34.6 Å². The van der Waals surface area contributed by atoms with Crippen LogP contribution >= 0.6 is 0 Å².